The quantitative estimate of drug-likeness (QED) is 0.794. The summed E-state index contributed by atoms with van der Waals surface area (Å²) in [5.41, 5.74) is 5.94. The highest BCUT2D eigenvalue weighted by Gasteiger charge is 2.22. The number of hydrogen-bond acceptors (Lipinski definition) is 2. The first-order valence-corrected chi connectivity index (χ1v) is 7.88. The third kappa shape index (κ3) is 3.24. The Bertz CT molecular complexity index is 474. The first-order chi connectivity index (χ1) is 9.67. The predicted octanol–water partition coefficient (Wildman–Crippen LogP) is 4.16. The van der Waals surface area contributed by atoms with Gasteiger partial charge in [-0.25, -0.2) is 0 Å². The van der Waals surface area contributed by atoms with Gasteiger partial charge >= 0.3 is 0 Å². The van der Waals surface area contributed by atoms with E-state index in [2.05, 4.69) is 62.0 Å². The highest BCUT2D eigenvalue weighted by atomic mass is 15.1. The standard InChI is InChI=1S/C18H28N2/c1-5-7-9-15-12-13-20(6-2)18-16(14-19(3)4)10-8-11-17(15)18/h8-11H,5-7,12-14H2,1-4H3/b15-9+. The molecule has 0 atom stereocenters. The van der Waals surface area contributed by atoms with Crippen molar-refractivity contribution in [1.29, 1.82) is 0 Å². The minimum Gasteiger partial charge on any atom is -0.371 e. The van der Waals surface area contributed by atoms with Crippen LogP contribution < -0.4 is 4.90 Å². The Morgan fingerprint density at radius 1 is 1.25 bits per heavy atom. The lowest BCUT2D eigenvalue weighted by molar-refractivity contribution is 0.402. The van der Waals surface area contributed by atoms with Crippen molar-refractivity contribution in [2.24, 2.45) is 0 Å². The van der Waals surface area contributed by atoms with Crippen LogP contribution >= 0.6 is 0 Å². The van der Waals surface area contributed by atoms with Gasteiger partial charge in [-0.1, -0.05) is 37.6 Å². The van der Waals surface area contributed by atoms with Gasteiger partial charge in [0.1, 0.15) is 0 Å². The maximum atomic E-state index is 2.54. The summed E-state index contributed by atoms with van der Waals surface area (Å²) in [6.45, 7) is 7.78. The average molecular weight is 272 g/mol. The van der Waals surface area contributed by atoms with Crippen LogP contribution in [0.1, 0.15) is 44.2 Å². The number of unbranched alkanes of at least 4 members (excludes halogenated alkanes) is 1. The van der Waals surface area contributed by atoms with Gasteiger partial charge in [0.05, 0.1) is 0 Å². The molecule has 0 unspecified atom stereocenters. The first kappa shape index (κ1) is 15.1. The highest BCUT2D eigenvalue weighted by Crippen LogP contribution is 2.37. The number of para-hydroxylation sites is 1. The van der Waals surface area contributed by atoms with Crippen LogP contribution in [-0.4, -0.2) is 32.1 Å². The summed E-state index contributed by atoms with van der Waals surface area (Å²) in [5.74, 6) is 0. The fourth-order valence-electron chi connectivity index (χ4n) is 3.04. The van der Waals surface area contributed by atoms with Crippen LogP contribution in [0.15, 0.2) is 24.3 Å². The summed E-state index contributed by atoms with van der Waals surface area (Å²) < 4.78 is 0. The van der Waals surface area contributed by atoms with Crippen molar-refractivity contribution in [3.63, 3.8) is 0 Å². The Morgan fingerprint density at radius 2 is 2.05 bits per heavy atom. The van der Waals surface area contributed by atoms with Gasteiger partial charge in [0, 0.05) is 30.9 Å². The molecule has 2 nitrogen and oxygen atoms in total. The Hall–Kier alpha value is -1.28. The molecule has 1 aliphatic rings. The van der Waals surface area contributed by atoms with Crippen LogP contribution in [0, 0.1) is 0 Å². The number of hydrogen-bond donors (Lipinski definition) is 0. The van der Waals surface area contributed by atoms with Gasteiger partial charge in [-0.15, -0.1) is 0 Å². The summed E-state index contributed by atoms with van der Waals surface area (Å²) in [7, 11) is 4.29. The zero-order valence-electron chi connectivity index (χ0n) is 13.4. The second kappa shape index (κ2) is 6.94. The molecule has 2 heteroatoms. The molecule has 0 aliphatic carbocycles. The maximum absolute atomic E-state index is 2.54. The SMILES string of the molecule is CCC/C=C1\CCN(CC)c2c(CN(C)C)cccc21. The number of anilines is 1. The molecular formula is C18H28N2. The third-order valence-corrected chi connectivity index (χ3v) is 3.98. The molecule has 0 bridgehead atoms. The molecule has 20 heavy (non-hydrogen) atoms. The van der Waals surface area contributed by atoms with Crippen molar-refractivity contribution >= 4 is 11.3 Å². The van der Waals surface area contributed by atoms with Crippen LogP contribution in [0.2, 0.25) is 0 Å². The van der Waals surface area contributed by atoms with Crippen molar-refractivity contribution < 1.29 is 0 Å². The highest BCUT2D eigenvalue weighted by molar-refractivity contribution is 5.81. The van der Waals surface area contributed by atoms with Crippen LogP contribution in [-0.2, 0) is 6.54 Å². The smallest absolute Gasteiger partial charge is 0.0488 e. The van der Waals surface area contributed by atoms with E-state index in [1.165, 1.54) is 36.1 Å². The molecule has 1 aliphatic heterocycles. The van der Waals surface area contributed by atoms with Gasteiger partial charge in [-0.3, -0.25) is 0 Å². The second-order valence-electron chi connectivity index (χ2n) is 5.90. The average Bonchev–Trinajstić information content (AvgIpc) is 2.44. The molecular weight excluding hydrogens is 244 g/mol. The van der Waals surface area contributed by atoms with Gasteiger partial charge in [-0.05, 0) is 45.0 Å². The molecule has 1 heterocycles. The van der Waals surface area contributed by atoms with E-state index < -0.39 is 0 Å². The number of allylic oxidation sites excluding steroid dienone is 1. The predicted molar refractivity (Wildman–Crippen MR) is 89.2 cm³/mol. The van der Waals surface area contributed by atoms with E-state index in [-0.39, 0.29) is 0 Å². The zero-order valence-corrected chi connectivity index (χ0v) is 13.4. The summed E-state index contributed by atoms with van der Waals surface area (Å²) in [6, 6.07) is 6.80. The number of rotatable bonds is 5. The maximum Gasteiger partial charge on any atom is 0.0488 e. The van der Waals surface area contributed by atoms with Crippen molar-refractivity contribution in [3.8, 4) is 0 Å². The van der Waals surface area contributed by atoms with Crippen LogP contribution in [0.4, 0.5) is 5.69 Å². The fourth-order valence-corrected chi connectivity index (χ4v) is 3.04. The lowest BCUT2D eigenvalue weighted by atomic mass is 9.92. The van der Waals surface area contributed by atoms with E-state index >= 15 is 0 Å². The molecule has 110 valence electrons. The van der Waals surface area contributed by atoms with Gasteiger partial charge in [0.15, 0.2) is 0 Å². The molecule has 1 aromatic carbocycles. The summed E-state index contributed by atoms with van der Waals surface area (Å²) >= 11 is 0. The number of benzene rings is 1. The van der Waals surface area contributed by atoms with Gasteiger partial charge < -0.3 is 9.80 Å². The molecule has 0 aromatic heterocycles. The zero-order chi connectivity index (χ0) is 14.5. The summed E-state index contributed by atoms with van der Waals surface area (Å²) in [6.07, 6.45) is 6.06. The minimum atomic E-state index is 1.01. The Balaban J connectivity index is 2.45. The Kier molecular flexibility index (Phi) is 5.24. The lowest BCUT2D eigenvalue weighted by Crippen LogP contribution is -2.30. The molecule has 0 saturated heterocycles. The first-order valence-electron chi connectivity index (χ1n) is 7.88. The van der Waals surface area contributed by atoms with Crippen molar-refractivity contribution in [2.75, 3.05) is 32.1 Å². The summed E-state index contributed by atoms with van der Waals surface area (Å²) in [5, 5.41) is 0. The topological polar surface area (TPSA) is 6.48 Å². The van der Waals surface area contributed by atoms with E-state index in [4.69, 9.17) is 0 Å². The Morgan fingerprint density at radius 3 is 2.70 bits per heavy atom. The lowest BCUT2D eigenvalue weighted by Gasteiger charge is -2.34. The largest absolute Gasteiger partial charge is 0.371 e. The number of nitrogens with zero attached hydrogens (tertiary/aromatic N) is 2. The van der Waals surface area contributed by atoms with Gasteiger partial charge in [0.25, 0.3) is 0 Å². The molecule has 0 amide bonds. The molecule has 2 rings (SSSR count). The number of fused-ring (bicyclic) bond motifs is 1. The van der Waals surface area contributed by atoms with Crippen LogP contribution in [0.5, 0.6) is 0 Å². The molecule has 0 saturated carbocycles. The summed E-state index contributed by atoms with van der Waals surface area (Å²) in [4.78, 5) is 4.80. The molecule has 1 aromatic rings. The second-order valence-corrected chi connectivity index (χ2v) is 5.90. The monoisotopic (exact) mass is 272 g/mol. The van der Waals surface area contributed by atoms with E-state index in [1.807, 2.05) is 0 Å². The fraction of sp³-hybridized carbons (Fsp3) is 0.556. The molecule has 0 fully saturated rings. The molecule has 0 spiro atoms. The van der Waals surface area contributed by atoms with E-state index in [0.717, 1.165) is 19.6 Å². The van der Waals surface area contributed by atoms with Gasteiger partial charge in [-0.2, -0.15) is 0 Å². The normalized spacial score (nSPS) is 16.9. The van der Waals surface area contributed by atoms with Crippen molar-refractivity contribution in [2.45, 2.75) is 39.7 Å². The minimum absolute atomic E-state index is 1.01. The van der Waals surface area contributed by atoms with Gasteiger partial charge in [0.2, 0.25) is 0 Å². The van der Waals surface area contributed by atoms with Crippen molar-refractivity contribution in [3.05, 3.63) is 35.4 Å². The van der Waals surface area contributed by atoms with Crippen LogP contribution in [0.3, 0.4) is 0 Å². The van der Waals surface area contributed by atoms with Crippen LogP contribution in [0.25, 0.3) is 5.57 Å². The van der Waals surface area contributed by atoms with Crippen molar-refractivity contribution in [1.82, 2.24) is 4.90 Å². The molecule has 0 radical (unpaired) electrons. The third-order valence-electron chi connectivity index (χ3n) is 3.98. The Labute approximate surface area is 124 Å². The molecule has 0 N–H and O–H groups in total. The van der Waals surface area contributed by atoms with E-state index in [0.29, 0.717) is 0 Å². The van der Waals surface area contributed by atoms with E-state index in [9.17, 15) is 0 Å². The van der Waals surface area contributed by atoms with E-state index in [1.54, 1.807) is 5.57 Å².